The van der Waals surface area contributed by atoms with E-state index in [0.29, 0.717) is 0 Å². The van der Waals surface area contributed by atoms with Crippen LogP contribution in [0.5, 0.6) is 5.75 Å². The summed E-state index contributed by atoms with van der Waals surface area (Å²) in [6, 6.07) is 16.2. The third-order valence-corrected chi connectivity index (χ3v) is 3.24. The van der Waals surface area contributed by atoms with Gasteiger partial charge in [0.15, 0.2) is 0 Å². The molecule has 0 radical (unpaired) electrons. The SMILES string of the molecule is COc1ccccc1C(N)Cc1ccccc1C. The number of aryl methyl sites for hydroxylation is 1. The molecular weight excluding hydrogens is 222 g/mol. The first kappa shape index (κ1) is 12.7. The monoisotopic (exact) mass is 241 g/mol. The van der Waals surface area contributed by atoms with Crippen LogP contribution in [0.1, 0.15) is 22.7 Å². The minimum Gasteiger partial charge on any atom is -0.496 e. The maximum atomic E-state index is 6.29. The van der Waals surface area contributed by atoms with Gasteiger partial charge >= 0.3 is 0 Å². The van der Waals surface area contributed by atoms with Crippen LogP contribution in [0.4, 0.5) is 0 Å². The van der Waals surface area contributed by atoms with Gasteiger partial charge in [0.2, 0.25) is 0 Å². The first-order valence-electron chi connectivity index (χ1n) is 6.15. The Hall–Kier alpha value is -1.80. The van der Waals surface area contributed by atoms with E-state index in [1.807, 2.05) is 30.3 Å². The summed E-state index contributed by atoms with van der Waals surface area (Å²) in [5.41, 5.74) is 9.92. The molecule has 94 valence electrons. The lowest BCUT2D eigenvalue weighted by Crippen LogP contribution is -2.15. The highest BCUT2D eigenvalue weighted by Crippen LogP contribution is 2.26. The molecule has 1 unspecified atom stereocenters. The third-order valence-electron chi connectivity index (χ3n) is 3.24. The van der Waals surface area contributed by atoms with Crippen molar-refractivity contribution in [1.82, 2.24) is 0 Å². The van der Waals surface area contributed by atoms with Crippen LogP contribution in [0.15, 0.2) is 48.5 Å². The normalized spacial score (nSPS) is 12.2. The summed E-state index contributed by atoms with van der Waals surface area (Å²) in [4.78, 5) is 0. The molecule has 18 heavy (non-hydrogen) atoms. The van der Waals surface area contributed by atoms with Crippen molar-refractivity contribution in [3.05, 3.63) is 65.2 Å². The fourth-order valence-corrected chi connectivity index (χ4v) is 2.16. The zero-order valence-electron chi connectivity index (χ0n) is 10.9. The molecule has 2 nitrogen and oxygen atoms in total. The Bertz CT molecular complexity index is 522. The van der Waals surface area contributed by atoms with E-state index in [1.54, 1.807) is 7.11 Å². The van der Waals surface area contributed by atoms with Crippen LogP contribution < -0.4 is 10.5 Å². The molecule has 0 aromatic heterocycles. The van der Waals surface area contributed by atoms with Gasteiger partial charge in [0, 0.05) is 11.6 Å². The first-order chi connectivity index (χ1) is 8.72. The van der Waals surface area contributed by atoms with Crippen LogP contribution in [0.25, 0.3) is 0 Å². The number of methoxy groups -OCH3 is 1. The Kier molecular flexibility index (Phi) is 4.00. The maximum Gasteiger partial charge on any atom is 0.123 e. The number of hydrogen-bond donors (Lipinski definition) is 1. The third kappa shape index (κ3) is 2.71. The summed E-state index contributed by atoms with van der Waals surface area (Å²) in [6.45, 7) is 2.12. The van der Waals surface area contributed by atoms with Crippen molar-refractivity contribution in [3.8, 4) is 5.75 Å². The van der Waals surface area contributed by atoms with Crippen LogP contribution in [0.3, 0.4) is 0 Å². The second-order valence-electron chi connectivity index (χ2n) is 4.48. The number of rotatable bonds is 4. The van der Waals surface area contributed by atoms with E-state index in [4.69, 9.17) is 10.5 Å². The zero-order valence-corrected chi connectivity index (χ0v) is 10.9. The molecule has 0 amide bonds. The van der Waals surface area contributed by atoms with Crippen LogP contribution in [0.2, 0.25) is 0 Å². The van der Waals surface area contributed by atoms with E-state index in [-0.39, 0.29) is 6.04 Å². The second kappa shape index (κ2) is 5.69. The average Bonchev–Trinajstić information content (AvgIpc) is 2.41. The smallest absolute Gasteiger partial charge is 0.123 e. The lowest BCUT2D eigenvalue weighted by atomic mass is 9.96. The van der Waals surface area contributed by atoms with Crippen molar-refractivity contribution in [2.24, 2.45) is 5.73 Å². The van der Waals surface area contributed by atoms with Crippen molar-refractivity contribution >= 4 is 0 Å². The minimum atomic E-state index is -0.0396. The Balaban J connectivity index is 2.22. The second-order valence-corrected chi connectivity index (χ2v) is 4.48. The molecule has 2 aromatic carbocycles. The number of para-hydroxylation sites is 1. The Labute approximate surface area is 108 Å². The molecule has 2 heteroatoms. The standard InChI is InChI=1S/C16H19NO/c1-12-7-3-4-8-13(12)11-15(17)14-9-5-6-10-16(14)18-2/h3-10,15H,11,17H2,1-2H3. The van der Waals surface area contributed by atoms with Gasteiger partial charge in [-0.15, -0.1) is 0 Å². The van der Waals surface area contributed by atoms with Crippen molar-refractivity contribution in [2.75, 3.05) is 7.11 Å². The molecular formula is C16H19NO. The Morgan fingerprint density at radius 3 is 2.44 bits per heavy atom. The van der Waals surface area contributed by atoms with Gasteiger partial charge < -0.3 is 10.5 Å². The molecule has 0 heterocycles. The van der Waals surface area contributed by atoms with Crippen LogP contribution >= 0.6 is 0 Å². The average molecular weight is 241 g/mol. The molecule has 2 aromatic rings. The van der Waals surface area contributed by atoms with Crippen LogP contribution in [0, 0.1) is 6.92 Å². The predicted octanol–water partition coefficient (Wildman–Crippen LogP) is 3.25. The quantitative estimate of drug-likeness (QED) is 0.891. The van der Waals surface area contributed by atoms with Gasteiger partial charge in [-0.1, -0.05) is 42.5 Å². The Morgan fingerprint density at radius 2 is 1.72 bits per heavy atom. The molecule has 0 spiro atoms. The number of nitrogens with two attached hydrogens (primary N) is 1. The van der Waals surface area contributed by atoms with Crippen LogP contribution in [-0.2, 0) is 6.42 Å². The molecule has 2 N–H and O–H groups in total. The largest absolute Gasteiger partial charge is 0.496 e. The summed E-state index contributed by atoms with van der Waals surface area (Å²) in [5, 5.41) is 0. The van der Waals surface area contributed by atoms with E-state index in [1.165, 1.54) is 11.1 Å². The highest BCUT2D eigenvalue weighted by Gasteiger charge is 2.12. The van der Waals surface area contributed by atoms with Gasteiger partial charge in [0.25, 0.3) is 0 Å². The predicted molar refractivity (Wildman–Crippen MR) is 74.8 cm³/mol. The minimum absolute atomic E-state index is 0.0396. The first-order valence-corrected chi connectivity index (χ1v) is 6.15. The summed E-state index contributed by atoms with van der Waals surface area (Å²) in [7, 11) is 1.68. The van der Waals surface area contributed by atoms with Gasteiger partial charge in [-0.25, -0.2) is 0 Å². The van der Waals surface area contributed by atoms with Gasteiger partial charge in [-0.2, -0.15) is 0 Å². The molecule has 0 aliphatic carbocycles. The lowest BCUT2D eigenvalue weighted by molar-refractivity contribution is 0.405. The summed E-state index contributed by atoms with van der Waals surface area (Å²) in [6.07, 6.45) is 0.826. The zero-order chi connectivity index (χ0) is 13.0. The highest BCUT2D eigenvalue weighted by molar-refractivity contribution is 5.37. The molecule has 1 atom stereocenters. The highest BCUT2D eigenvalue weighted by atomic mass is 16.5. The van der Waals surface area contributed by atoms with Crippen molar-refractivity contribution in [2.45, 2.75) is 19.4 Å². The van der Waals surface area contributed by atoms with Crippen molar-refractivity contribution < 1.29 is 4.74 Å². The molecule has 2 rings (SSSR count). The van der Waals surface area contributed by atoms with Gasteiger partial charge in [-0.05, 0) is 30.5 Å². The Morgan fingerprint density at radius 1 is 1.06 bits per heavy atom. The molecule has 0 saturated carbocycles. The molecule has 0 bridgehead atoms. The maximum absolute atomic E-state index is 6.29. The molecule has 0 fully saturated rings. The fraction of sp³-hybridized carbons (Fsp3) is 0.250. The van der Waals surface area contributed by atoms with E-state index in [9.17, 15) is 0 Å². The van der Waals surface area contributed by atoms with Gasteiger partial charge in [-0.3, -0.25) is 0 Å². The number of hydrogen-bond acceptors (Lipinski definition) is 2. The van der Waals surface area contributed by atoms with Crippen LogP contribution in [-0.4, -0.2) is 7.11 Å². The number of ether oxygens (including phenoxy) is 1. The summed E-state index contributed by atoms with van der Waals surface area (Å²) in [5.74, 6) is 0.860. The van der Waals surface area contributed by atoms with E-state index in [2.05, 4.69) is 25.1 Å². The van der Waals surface area contributed by atoms with Gasteiger partial charge in [0.1, 0.15) is 5.75 Å². The van der Waals surface area contributed by atoms with Crippen molar-refractivity contribution in [1.29, 1.82) is 0 Å². The summed E-state index contributed by atoms with van der Waals surface area (Å²) < 4.78 is 5.35. The van der Waals surface area contributed by atoms with E-state index < -0.39 is 0 Å². The van der Waals surface area contributed by atoms with E-state index >= 15 is 0 Å². The summed E-state index contributed by atoms with van der Waals surface area (Å²) >= 11 is 0. The van der Waals surface area contributed by atoms with Gasteiger partial charge in [0.05, 0.1) is 7.11 Å². The lowest BCUT2D eigenvalue weighted by Gasteiger charge is -2.16. The van der Waals surface area contributed by atoms with Crippen molar-refractivity contribution in [3.63, 3.8) is 0 Å². The molecule has 0 aliphatic heterocycles. The number of benzene rings is 2. The fourth-order valence-electron chi connectivity index (χ4n) is 2.16. The van der Waals surface area contributed by atoms with E-state index in [0.717, 1.165) is 17.7 Å². The molecule has 0 saturated heterocycles. The molecule has 0 aliphatic rings. The topological polar surface area (TPSA) is 35.2 Å².